The minimum Gasteiger partial charge on any atom is -0.379 e. The molecular formula is C15H24N4O2. The average Bonchev–Trinajstić information content (AvgIpc) is 2.97. The van der Waals surface area contributed by atoms with Crippen molar-refractivity contribution in [2.24, 2.45) is 0 Å². The van der Waals surface area contributed by atoms with Crippen LogP contribution in [-0.4, -0.2) is 60.3 Å². The van der Waals surface area contributed by atoms with Crippen LogP contribution in [0.5, 0.6) is 0 Å². The van der Waals surface area contributed by atoms with Gasteiger partial charge in [-0.2, -0.15) is 0 Å². The topological polar surface area (TPSA) is 61.5 Å². The number of nitrogens with zero attached hydrogens (tertiary/aromatic N) is 3. The van der Waals surface area contributed by atoms with E-state index in [1.54, 1.807) is 6.07 Å². The van der Waals surface area contributed by atoms with Crippen LogP contribution in [0, 0.1) is 0 Å². The zero-order valence-corrected chi connectivity index (χ0v) is 12.8. The summed E-state index contributed by atoms with van der Waals surface area (Å²) in [6, 6.07) is 2.17. The maximum absolute atomic E-state index is 11.8. The van der Waals surface area contributed by atoms with Gasteiger partial charge in [0, 0.05) is 44.2 Å². The molecule has 1 atom stereocenters. The van der Waals surface area contributed by atoms with Crippen LogP contribution in [0.25, 0.3) is 0 Å². The van der Waals surface area contributed by atoms with E-state index in [9.17, 15) is 4.79 Å². The standard InChI is InChI=1S/C15H24N4O2/c1-11(2)15-16-13(9-14(20)17-15)19-4-3-12(10-19)18-5-7-21-8-6-18/h9,11-12H,3-8,10H2,1-2H3,(H,16,17,20). The lowest BCUT2D eigenvalue weighted by atomic mass is 10.2. The van der Waals surface area contributed by atoms with Gasteiger partial charge in [0.05, 0.1) is 13.2 Å². The number of H-pyrrole nitrogens is 1. The Hall–Kier alpha value is -1.40. The van der Waals surface area contributed by atoms with Crippen molar-refractivity contribution in [2.45, 2.75) is 32.2 Å². The fourth-order valence-corrected chi connectivity index (χ4v) is 3.09. The molecule has 0 aromatic carbocycles. The van der Waals surface area contributed by atoms with Crippen molar-refractivity contribution in [1.82, 2.24) is 14.9 Å². The Balaban J connectivity index is 1.72. The molecule has 3 heterocycles. The van der Waals surface area contributed by atoms with Crippen LogP contribution in [0.4, 0.5) is 5.82 Å². The van der Waals surface area contributed by atoms with Gasteiger partial charge in [0.1, 0.15) is 11.6 Å². The minimum atomic E-state index is -0.0569. The molecule has 116 valence electrons. The highest BCUT2D eigenvalue weighted by atomic mass is 16.5. The molecule has 1 unspecified atom stereocenters. The predicted octanol–water partition coefficient (Wildman–Crippen LogP) is 0.804. The lowest BCUT2D eigenvalue weighted by Crippen LogP contribution is -2.44. The van der Waals surface area contributed by atoms with Crippen molar-refractivity contribution in [3.8, 4) is 0 Å². The normalized spacial score (nSPS) is 24.0. The number of hydrogen-bond acceptors (Lipinski definition) is 5. The number of aromatic amines is 1. The van der Waals surface area contributed by atoms with E-state index >= 15 is 0 Å². The number of ether oxygens (including phenoxy) is 1. The van der Waals surface area contributed by atoms with Gasteiger partial charge >= 0.3 is 0 Å². The van der Waals surface area contributed by atoms with E-state index < -0.39 is 0 Å². The minimum absolute atomic E-state index is 0.0569. The molecule has 2 aliphatic rings. The van der Waals surface area contributed by atoms with Crippen LogP contribution in [-0.2, 0) is 4.74 Å². The molecule has 1 aromatic rings. The lowest BCUT2D eigenvalue weighted by Gasteiger charge is -2.32. The molecule has 6 nitrogen and oxygen atoms in total. The second-order valence-corrected chi connectivity index (χ2v) is 6.18. The summed E-state index contributed by atoms with van der Waals surface area (Å²) in [4.78, 5) is 24.0. The van der Waals surface area contributed by atoms with E-state index in [0.29, 0.717) is 6.04 Å². The number of hydrogen-bond donors (Lipinski definition) is 1. The maximum atomic E-state index is 11.8. The molecule has 21 heavy (non-hydrogen) atoms. The number of anilines is 1. The molecule has 1 N–H and O–H groups in total. The first-order valence-electron chi connectivity index (χ1n) is 7.81. The summed E-state index contributed by atoms with van der Waals surface area (Å²) in [5.74, 6) is 1.82. The van der Waals surface area contributed by atoms with Gasteiger partial charge in [0.2, 0.25) is 0 Å². The van der Waals surface area contributed by atoms with Crippen LogP contribution >= 0.6 is 0 Å². The highest BCUT2D eigenvalue weighted by Crippen LogP contribution is 2.22. The largest absolute Gasteiger partial charge is 0.379 e. The van der Waals surface area contributed by atoms with Crippen molar-refractivity contribution < 1.29 is 4.74 Å². The first-order chi connectivity index (χ1) is 10.1. The Morgan fingerprint density at radius 3 is 2.81 bits per heavy atom. The Kier molecular flexibility index (Phi) is 4.26. The number of morpholine rings is 1. The number of rotatable bonds is 3. The van der Waals surface area contributed by atoms with Crippen molar-refractivity contribution in [3.63, 3.8) is 0 Å². The van der Waals surface area contributed by atoms with Crippen molar-refractivity contribution >= 4 is 5.82 Å². The fourth-order valence-electron chi connectivity index (χ4n) is 3.09. The molecule has 2 saturated heterocycles. The summed E-state index contributed by atoms with van der Waals surface area (Å²) < 4.78 is 5.42. The number of aromatic nitrogens is 2. The molecule has 2 aliphatic heterocycles. The molecule has 6 heteroatoms. The van der Waals surface area contributed by atoms with E-state index in [-0.39, 0.29) is 11.5 Å². The molecule has 0 saturated carbocycles. The van der Waals surface area contributed by atoms with Crippen LogP contribution < -0.4 is 10.5 Å². The van der Waals surface area contributed by atoms with E-state index in [1.807, 2.05) is 13.8 Å². The van der Waals surface area contributed by atoms with Gasteiger partial charge in [-0.3, -0.25) is 9.69 Å². The maximum Gasteiger partial charge on any atom is 0.252 e. The van der Waals surface area contributed by atoms with Crippen LogP contribution in [0.1, 0.15) is 32.0 Å². The second-order valence-electron chi connectivity index (χ2n) is 6.18. The van der Waals surface area contributed by atoms with Crippen molar-refractivity contribution in [3.05, 3.63) is 22.2 Å². The van der Waals surface area contributed by atoms with Gasteiger partial charge in [-0.15, -0.1) is 0 Å². The quantitative estimate of drug-likeness (QED) is 0.893. The second kappa shape index (κ2) is 6.15. The molecule has 0 bridgehead atoms. The third-order valence-corrected chi connectivity index (χ3v) is 4.34. The molecule has 3 rings (SSSR count). The molecule has 0 spiro atoms. The highest BCUT2D eigenvalue weighted by molar-refractivity contribution is 5.39. The first kappa shape index (κ1) is 14.5. The number of nitrogens with one attached hydrogen (secondary N) is 1. The van der Waals surface area contributed by atoms with E-state index in [0.717, 1.165) is 57.5 Å². The average molecular weight is 292 g/mol. The monoisotopic (exact) mass is 292 g/mol. The Labute approximate surface area is 125 Å². The Morgan fingerprint density at radius 1 is 1.33 bits per heavy atom. The third kappa shape index (κ3) is 3.27. The molecule has 0 radical (unpaired) electrons. The summed E-state index contributed by atoms with van der Waals surface area (Å²) in [6.45, 7) is 9.70. The summed E-state index contributed by atoms with van der Waals surface area (Å²) in [6.07, 6.45) is 1.13. The van der Waals surface area contributed by atoms with Gasteiger partial charge in [-0.05, 0) is 6.42 Å². The van der Waals surface area contributed by atoms with Gasteiger partial charge in [-0.25, -0.2) is 4.98 Å². The molecule has 0 aliphatic carbocycles. The van der Waals surface area contributed by atoms with Crippen LogP contribution in [0.3, 0.4) is 0 Å². The molecular weight excluding hydrogens is 268 g/mol. The van der Waals surface area contributed by atoms with Crippen molar-refractivity contribution in [2.75, 3.05) is 44.3 Å². The van der Waals surface area contributed by atoms with Crippen LogP contribution in [0.15, 0.2) is 10.9 Å². The smallest absolute Gasteiger partial charge is 0.252 e. The van der Waals surface area contributed by atoms with Gasteiger partial charge in [-0.1, -0.05) is 13.8 Å². The van der Waals surface area contributed by atoms with Crippen molar-refractivity contribution in [1.29, 1.82) is 0 Å². The summed E-state index contributed by atoms with van der Waals surface area (Å²) >= 11 is 0. The first-order valence-corrected chi connectivity index (χ1v) is 7.81. The predicted molar refractivity (Wildman–Crippen MR) is 82.0 cm³/mol. The fraction of sp³-hybridized carbons (Fsp3) is 0.733. The Morgan fingerprint density at radius 2 is 2.10 bits per heavy atom. The van der Waals surface area contributed by atoms with E-state index in [4.69, 9.17) is 4.74 Å². The third-order valence-electron chi connectivity index (χ3n) is 4.34. The van der Waals surface area contributed by atoms with E-state index in [2.05, 4.69) is 19.8 Å². The highest BCUT2D eigenvalue weighted by Gasteiger charge is 2.29. The zero-order valence-electron chi connectivity index (χ0n) is 12.8. The van der Waals surface area contributed by atoms with Gasteiger partial charge in [0.15, 0.2) is 0 Å². The summed E-state index contributed by atoms with van der Waals surface area (Å²) in [5, 5.41) is 0. The lowest BCUT2D eigenvalue weighted by molar-refractivity contribution is 0.0209. The summed E-state index contributed by atoms with van der Waals surface area (Å²) in [5.41, 5.74) is -0.0569. The van der Waals surface area contributed by atoms with Gasteiger partial charge in [0.25, 0.3) is 5.56 Å². The SMILES string of the molecule is CC(C)c1nc(N2CCC(N3CCOCC3)C2)cc(=O)[nH]1. The molecule has 1 aromatic heterocycles. The molecule has 0 amide bonds. The van der Waals surface area contributed by atoms with E-state index in [1.165, 1.54) is 0 Å². The van der Waals surface area contributed by atoms with Gasteiger partial charge < -0.3 is 14.6 Å². The van der Waals surface area contributed by atoms with Crippen LogP contribution in [0.2, 0.25) is 0 Å². The summed E-state index contributed by atoms with van der Waals surface area (Å²) in [7, 11) is 0. The zero-order chi connectivity index (χ0) is 14.8. The Bertz CT molecular complexity index is 537. The molecule has 2 fully saturated rings.